The normalized spacial score (nSPS) is 15.7. The molecule has 10 heteroatoms. The van der Waals surface area contributed by atoms with Crippen LogP contribution in [0.2, 0.25) is 0 Å². The predicted octanol–water partition coefficient (Wildman–Crippen LogP) is 1.38. The molecule has 0 spiro atoms. The summed E-state index contributed by atoms with van der Waals surface area (Å²) in [4.78, 5) is 0. The van der Waals surface area contributed by atoms with Crippen LogP contribution in [0, 0.1) is 5.82 Å². The highest BCUT2D eigenvalue weighted by Crippen LogP contribution is 2.38. The van der Waals surface area contributed by atoms with Gasteiger partial charge in [0.2, 0.25) is 15.9 Å². The van der Waals surface area contributed by atoms with E-state index in [1.165, 1.54) is 35.4 Å². The van der Waals surface area contributed by atoms with Crippen LogP contribution in [-0.2, 0) is 10.0 Å². The van der Waals surface area contributed by atoms with Crippen molar-refractivity contribution in [3.8, 4) is 0 Å². The molecule has 0 saturated heterocycles. The number of para-hydroxylation sites is 1. The fourth-order valence-corrected chi connectivity index (χ4v) is 3.46. The fourth-order valence-electron chi connectivity index (χ4n) is 2.89. The first-order valence-corrected chi connectivity index (χ1v) is 9.57. The van der Waals surface area contributed by atoms with Gasteiger partial charge in [-0.05, 0) is 36.4 Å². The van der Waals surface area contributed by atoms with Gasteiger partial charge in [0.15, 0.2) is 0 Å². The molecular formula is C17H17FN4O4S. The van der Waals surface area contributed by atoms with Crippen molar-refractivity contribution in [2.24, 2.45) is 0 Å². The zero-order valence-corrected chi connectivity index (χ0v) is 15.0. The molecular weight excluding hydrogens is 375 g/mol. The minimum absolute atomic E-state index is 0. The van der Waals surface area contributed by atoms with Crippen LogP contribution in [0.25, 0.3) is 5.70 Å². The molecule has 142 valence electrons. The van der Waals surface area contributed by atoms with E-state index < -0.39 is 10.0 Å². The number of benzene rings is 2. The van der Waals surface area contributed by atoms with Crippen LogP contribution in [0.3, 0.4) is 0 Å². The van der Waals surface area contributed by atoms with Crippen molar-refractivity contribution in [3.05, 3.63) is 77.6 Å². The maximum atomic E-state index is 13.2. The number of sulfonamides is 1. The van der Waals surface area contributed by atoms with Crippen molar-refractivity contribution >= 4 is 27.1 Å². The first-order valence-electron chi connectivity index (χ1n) is 7.68. The lowest BCUT2D eigenvalue weighted by Crippen LogP contribution is -2.43. The molecule has 0 unspecified atom stereocenters. The largest absolute Gasteiger partial charge is 0.492 e. The molecule has 0 amide bonds. The first-order chi connectivity index (χ1) is 12.3. The number of nitrogens with zero attached hydrogens (tertiary/aromatic N) is 2. The SMILES string of the molecule is CS(=O)(=O)NC1=CC2=C(O)N(c3ccc(F)cc3)NN2c2ccccc21.O. The highest BCUT2D eigenvalue weighted by Gasteiger charge is 2.35. The molecule has 0 atom stereocenters. The number of hydrogen-bond donors (Lipinski definition) is 3. The van der Waals surface area contributed by atoms with Crippen LogP contribution in [0.4, 0.5) is 15.8 Å². The monoisotopic (exact) mass is 392 g/mol. The minimum Gasteiger partial charge on any atom is -0.492 e. The molecule has 2 heterocycles. The molecule has 2 aliphatic rings. The summed E-state index contributed by atoms with van der Waals surface area (Å²) >= 11 is 0. The Morgan fingerprint density at radius 1 is 1.07 bits per heavy atom. The van der Waals surface area contributed by atoms with Crippen LogP contribution >= 0.6 is 0 Å². The smallest absolute Gasteiger partial charge is 0.234 e. The van der Waals surface area contributed by atoms with Crippen molar-refractivity contribution in [2.45, 2.75) is 0 Å². The van der Waals surface area contributed by atoms with Crippen LogP contribution in [-0.4, -0.2) is 25.3 Å². The maximum Gasteiger partial charge on any atom is 0.234 e. The van der Waals surface area contributed by atoms with Gasteiger partial charge in [0.25, 0.3) is 0 Å². The average molecular weight is 392 g/mol. The van der Waals surface area contributed by atoms with Gasteiger partial charge in [0, 0.05) is 5.56 Å². The Balaban J connectivity index is 0.00000210. The van der Waals surface area contributed by atoms with E-state index in [0.29, 0.717) is 28.3 Å². The van der Waals surface area contributed by atoms with Crippen molar-refractivity contribution in [2.75, 3.05) is 16.3 Å². The summed E-state index contributed by atoms with van der Waals surface area (Å²) < 4.78 is 39.0. The number of aliphatic hydroxyl groups is 1. The highest BCUT2D eigenvalue weighted by atomic mass is 32.2. The van der Waals surface area contributed by atoms with E-state index in [1.54, 1.807) is 29.3 Å². The average Bonchev–Trinajstić information content (AvgIpc) is 2.92. The van der Waals surface area contributed by atoms with Crippen LogP contribution < -0.4 is 20.3 Å². The second-order valence-electron chi connectivity index (χ2n) is 5.91. The molecule has 0 fully saturated rings. The van der Waals surface area contributed by atoms with Gasteiger partial charge in [-0.1, -0.05) is 18.2 Å². The van der Waals surface area contributed by atoms with E-state index in [9.17, 15) is 17.9 Å². The topological polar surface area (TPSA) is 116 Å². The lowest BCUT2D eigenvalue weighted by Gasteiger charge is -2.29. The third kappa shape index (κ3) is 3.33. The van der Waals surface area contributed by atoms with Gasteiger partial charge in [-0.2, -0.15) is 0 Å². The van der Waals surface area contributed by atoms with Crippen molar-refractivity contribution in [1.82, 2.24) is 10.3 Å². The summed E-state index contributed by atoms with van der Waals surface area (Å²) in [6.45, 7) is 0. The molecule has 2 aromatic rings. The van der Waals surface area contributed by atoms with E-state index in [0.717, 1.165) is 6.26 Å². The lowest BCUT2D eigenvalue weighted by molar-refractivity contribution is 0.388. The maximum absolute atomic E-state index is 13.2. The van der Waals surface area contributed by atoms with Gasteiger partial charge in [0.1, 0.15) is 11.5 Å². The Morgan fingerprint density at radius 3 is 2.41 bits per heavy atom. The molecule has 5 N–H and O–H groups in total. The molecule has 0 aliphatic carbocycles. The lowest BCUT2D eigenvalue weighted by atomic mass is 10.0. The third-order valence-electron chi connectivity index (χ3n) is 3.98. The molecule has 4 rings (SSSR count). The molecule has 2 aromatic carbocycles. The summed E-state index contributed by atoms with van der Waals surface area (Å²) in [5.74, 6) is -0.526. The van der Waals surface area contributed by atoms with Gasteiger partial charge < -0.3 is 10.6 Å². The summed E-state index contributed by atoms with van der Waals surface area (Å²) in [5, 5.41) is 13.6. The number of anilines is 2. The van der Waals surface area contributed by atoms with Crippen molar-refractivity contribution < 1.29 is 23.4 Å². The molecule has 0 saturated carbocycles. The van der Waals surface area contributed by atoms with E-state index in [4.69, 9.17) is 0 Å². The second kappa shape index (κ2) is 6.58. The fraction of sp³-hybridized carbons (Fsp3) is 0.0588. The highest BCUT2D eigenvalue weighted by molar-refractivity contribution is 7.89. The summed E-state index contributed by atoms with van der Waals surface area (Å²) in [5.41, 5.74) is 5.56. The van der Waals surface area contributed by atoms with Crippen LogP contribution in [0.5, 0.6) is 0 Å². The number of rotatable bonds is 3. The Kier molecular flexibility index (Phi) is 4.56. The summed E-state index contributed by atoms with van der Waals surface area (Å²) in [7, 11) is -3.50. The van der Waals surface area contributed by atoms with E-state index in [1.807, 2.05) is 0 Å². The Bertz CT molecular complexity index is 1050. The summed E-state index contributed by atoms with van der Waals surface area (Å²) in [6.07, 6.45) is 2.60. The Morgan fingerprint density at radius 2 is 1.74 bits per heavy atom. The Labute approximate surface area is 155 Å². The minimum atomic E-state index is -3.50. The summed E-state index contributed by atoms with van der Waals surface area (Å²) in [6, 6.07) is 12.8. The van der Waals surface area contributed by atoms with Gasteiger partial charge >= 0.3 is 0 Å². The zero-order valence-electron chi connectivity index (χ0n) is 14.1. The molecule has 8 nitrogen and oxygen atoms in total. The van der Waals surface area contributed by atoms with Crippen molar-refractivity contribution in [1.29, 1.82) is 0 Å². The quantitative estimate of drug-likeness (QED) is 0.727. The van der Waals surface area contributed by atoms with Gasteiger partial charge in [-0.3, -0.25) is 9.73 Å². The number of nitrogens with one attached hydrogen (secondary N) is 2. The molecule has 2 aliphatic heterocycles. The van der Waals surface area contributed by atoms with Gasteiger partial charge in [0.05, 0.1) is 23.3 Å². The van der Waals surface area contributed by atoms with Gasteiger partial charge in [-0.25, -0.2) is 17.8 Å². The number of hydrazine groups is 2. The predicted molar refractivity (Wildman–Crippen MR) is 100 cm³/mol. The molecule has 27 heavy (non-hydrogen) atoms. The number of aliphatic hydroxyl groups excluding tert-OH is 1. The molecule has 0 aromatic heterocycles. The van der Waals surface area contributed by atoms with E-state index in [2.05, 4.69) is 10.3 Å². The van der Waals surface area contributed by atoms with Crippen molar-refractivity contribution in [3.63, 3.8) is 0 Å². The number of allylic oxidation sites excluding steroid dienone is 1. The van der Waals surface area contributed by atoms with Crippen LogP contribution in [0.15, 0.2) is 66.2 Å². The van der Waals surface area contributed by atoms with E-state index in [-0.39, 0.29) is 17.2 Å². The first kappa shape index (κ1) is 18.7. The Hall–Kier alpha value is -3.08. The number of fused-ring (bicyclic) bond motifs is 3. The van der Waals surface area contributed by atoms with E-state index >= 15 is 0 Å². The molecule has 0 bridgehead atoms. The third-order valence-corrected chi connectivity index (χ3v) is 4.57. The standard InChI is InChI=1S/C17H15FN4O3S.H2O/c1-26(24,25)19-14-10-16-17(23)21(12-8-6-11(18)7-9-12)20-22(16)15-5-3-2-4-13(14)15;/h2-10,19-20,23H,1H3;1H2. The number of hydrogen-bond acceptors (Lipinski definition) is 6. The number of halogens is 1. The zero-order chi connectivity index (χ0) is 18.5. The van der Waals surface area contributed by atoms with Crippen LogP contribution in [0.1, 0.15) is 5.56 Å². The molecule has 0 radical (unpaired) electrons. The second-order valence-corrected chi connectivity index (χ2v) is 7.65. The van der Waals surface area contributed by atoms with Gasteiger partial charge in [-0.15, -0.1) is 5.53 Å².